The van der Waals surface area contributed by atoms with Crippen LogP contribution in [-0.2, 0) is 6.42 Å². The summed E-state index contributed by atoms with van der Waals surface area (Å²) in [5.74, 6) is 9.41. The Balaban J connectivity index is 1.31. The lowest BCUT2D eigenvalue weighted by molar-refractivity contribution is -0.0379. The van der Waals surface area contributed by atoms with Crippen LogP contribution in [0.1, 0.15) is 115 Å². The van der Waals surface area contributed by atoms with E-state index in [9.17, 15) is 0 Å². The molecule has 0 aliphatic heterocycles. The van der Waals surface area contributed by atoms with Crippen LogP contribution in [0.2, 0.25) is 0 Å². The van der Waals surface area contributed by atoms with E-state index in [2.05, 4.69) is 50.0 Å². The minimum Gasteiger partial charge on any atom is -0.0911 e. The maximum atomic E-state index is 3.78. The van der Waals surface area contributed by atoms with Gasteiger partial charge in [-0.1, -0.05) is 76.3 Å². The monoisotopic (exact) mass is 390 g/mol. The van der Waals surface area contributed by atoms with Crippen LogP contribution >= 0.6 is 0 Å². The van der Waals surface area contributed by atoms with E-state index in [0.29, 0.717) is 10.8 Å². The lowest BCUT2D eigenvalue weighted by atomic mass is 9.48. The average Bonchev–Trinajstić information content (AvgIpc) is 2.80. The van der Waals surface area contributed by atoms with Gasteiger partial charge in [-0.05, 0) is 92.7 Å². The van der Waals surface area contributed by atoms with Crippen molar-refractivity contribution in [1.29, 1.82) is 0 Å². The smallest absolute Gasteiger partial charge is 0.0319 e. The Kier molecular flexibility index (Phi) is 6.73. The number of hydrogen-bond donors (Lipinski definition) is 0. The second kappa shape index (κ2) is 9.29. The summed E-state index contributed by atoms with van der Waals surface area (Å²) in [5, 5.41) is 0. The van der Waals surface area contributed by atoms with Crippen molar-refractivity contribution >= 4 is 0 Å². The van der Waals surface area contributed by atoms with Gasteiger partial charge >= 0.3 is 0 Å². The van der Waals surface area contributed by atoms with Crippen LogP contribution in [0.5, 0.6) is 0 Å². The summed E-state index contributed by atoms with van der Waals surface area (Å²) in [6.45, 7) is 4.55. The molecule has 1 aromatic carbocycles. The summed E-state index contributed by atoms with van der Waals surface area (Å²) >= 11 is 0. The van der Waals surface area contributed by atoms with Crippen molar-refractivity contribution in [2.24, 2.45) is 22.7 Å². The highest BCUT2D eigenvalue weighted by molar-refractivity contribution is 5.38. The van der Waals surface area contributed by atoms with Crippen molar-refractivity contribution in [3.05, 3.63) is 35.4 Å². The molecule has 0 heterocycles. The van der Waals surface area contributed by atoms with E-state index in [1.54, 1.807) is 0 Å². The molecule has 0 atom stereocenters. The molecular formula is C29H42. The fourth-order valence-corrected chi connectivity index (χ4v) is 6.79. The van der Waals surface area contributed by atoms with Crippen LogP contribution < -0.4 is 0 Å². The molecule has 4 aliphatic carbocycles. The third-order valence-corrected chi connectivity index (χ3v) is 9.07. The fourth-order valence-electron chi connectivity index (χ4n) is 6.79. The molecule has 29 heavy (non-hydrogen) atoms. The van der Waals surface area contributed by atoms with Crippen LogP contribution in [0.25, 0.3) is 0 Å². The largest absolute Gasteiger partial charge is 0.0911 e. The van der Waals surface area contributed by atoms with Gasteiger partial charge in [0, 0.05) is 11.0 Å². The van der Waals surface area contributed by atoms with E-state index in [1.807, 2.05) is 0 Å². The van der Waals surface area contributed by atoms with E-state index in [4.69, 9.17) is 0 Å². The Morgan fingerprint density at radius 3 is 2.07 bits per heavy atom. The zero-order valence-electron chi connectivity index (χ0n) is 19.1. The van der Waals surface area contributed by atoms with E-state index < -0.39 is 0 Å². The van der Waals surface area contributed by atoms with Crippen molar-refractivity contribution in [1.82, 2.24) is 0 Å². The highest BCUT2D eigenvalue weighted by Gasteiger charge is 2.51. The number of benzene rings is 1. The Morgan fingerprint density at radius 1 is 0.828 bits per heavy atom. The zero-order chi connectivity index (χ0) is 20.2. The Bertz CT molecular complexity index is 680. The van der Waals surface area contributed by atoms with Gasteiger partial charge in [0.05, 0.1) is 0 Å². The molecule has 4 saturated carbocycles. The molecule has 0 spiro atoms. The van der Waals surface area contributed by atoms with Crippen LogP contribution in [0, 0.1) is 34.5 Å². The van der Waals surface area contributed by atoms with Gasteiger partial charge in [-0.15, -0.1) is 0 Å². The zero-order valence-corrected chi connectivity index (χ0v) is 19.1. The molecule has 0 radical (unpaired) electrons. The predicted octanol–water partition coefficient (Wildman–Crippen LogP) is 8.33. The molecule has 4 aliphatic rings. The Morgan fingerprint density at radius 2 is 1.48 bits per heavy atom. The lowest BCUT2D eigenvalue weighted by Crippen LogP contribution is -2.45. The fraction of sp³-hybridized carbons (Fsp3) is 0.724. The molecule has 4 fully saturated rings. The first-order chi connectivity index (χ1) is 14.2. The van der Waals surface area contributed by atoms with Gasteiger partial charge in [0.15, 0.2) is 0 Å². The molecule has 2 bridgehead atoms. The second-order valence-corrected chi connectivity index (χ2v) is 10.7. The topological polar surface area (TPSA) is 0 Å². The maximum absolute atomic E-state index is 3.78. The van der Waals surface area contributed by atoms with E-state index >= 15 is 0 Å². The van der Waals surface area contributed by atoms with Gasteiger partial charge in [0.2, 0.25) is 0 Å². The first-order valence-corrected chi connectivity index (χ1v) is 12.8. The summed E-state index contributed by atoms with van der Waals surface area (Å²) < 4.78 is 0. The third kappa shape index (κ3) is 4.76. The predicted molar refractivity (Wildman–Crippen MR) is 125 cm³/mol. The van der Waals surface area contributed by atoms with E-state index in [0.717, 1.165) is 18.3 Å². The van der Waals surface area contributed by atoms with E-state index in [-0.39, 0.29) is 0 Å². The normalized spacial score (nSPS) is 33.9. The van der Waals surface area contributed by atoms with Crippen molar-refractivity contribution < 1.29 is 0 Å². The van der Waals surface area contributed by atoms with Gasteiger partial charge in [-0.3, -0.25) is 0 Å². The van der Waals surface area contributed by atoms with Crippen molar-refractivity contribution in [3.8, 4) is 11.8 Å². The van der Waals surface area contributed by atoms with Gasteiger partial charge in [0.25, 0.3) is 0 Å². The molecular weight excluding hydrogens is 348 g/mol. The minimum atomic E-state index is 0.336. The Labute approximate surface area is 180 Å². The van der Waals surface area contributed by atoms with Crippen molar-refractivity contribution in [2.45, 2.75) is 110 Å². The molecule has 0 aromatic heterocycles. The number of aryl methyl sites for hydroxylation is 1. The number of fused-ring (bicyclic) bond motifs is 3. The summed E-state index contributed by atoms with van der Waals surface area (Å²) in [7, 11) is 0. The lowest BCUT2D eigenvalue weighted by Gasteiger charge is -2.56. The molecule has 0 N–H and O–H groups in total. The van der Waals surface area contributed by atoms with Gasteiger partial charge in [-0.25, -0.2) is 0 Å². The van der Waals surface area contributed by atoms with Crippen molar-refractivity contribution in [2.75, 3.05) is 0 Å². The highest BCUT2D eigenvalue weighted by Crippen LogP contribution is 2.62. The maximum Gasteiger partial charge on any atom is 0.0319 e. The summed E-state index contributed by atoms with van der Waals surface area (Å²) in [6.07, 6.45) is 21.5. The van der Waals surface area contributed by atoms with Gasteiger partial charge in [0.1, 0.15) is 0 Å². The standard InChI is InChI=1S/C29H42/c1-3-5-6-7-25-12-14-27(15-13-25)29-21-18-28(19-22-29,20-23-29)17-16-26-10-8-24(4-2)9-11-26/h8-11,25,27H,3-7,12-15,18-23H2,1-2H3/t25-,27-,28?,29?. The third-order valence-electron chi connectivity index (χ3n) is 9.07. The molecule has 0 amide bonds. The molecule has 0 saturated heterocycles. The quantitative estimate of drug-likeness (QED) is 0.338. The number of rotatable bonds is 6. The molecule has 0 nitrogen and oxygen atoms in total. The summed E-state index contributed by atoms with van der Waals surface area (Å²) in [6, 6.07) is 8.93. The van der Waals surface area contributed by atoms with Crippen LogP contribution in [0.3, 0.4) is 0 Å². The highest BCUT2D eigenvalue weighted by atomic mass is 14.6. The first kappa shape index (κ1) is 21.0. The summed E-state index contributed by atoms with van der Waals surface area (Å²) in [4.78, 5) is 0. The average molecular weight is 391 g/mol. The van der Waals surface area contributed by atoms with Crippen LogP contribution in [0.15, 0.2) is 24.3 Å². The van der Waals surface area contributed by atoms with Crippen molar-refractivity contribution in [3.63, 3.8) is 0 Å². The molecule has 0 heteroatoms. The second-order valence-electron chi connectivity index (χ2n) is 10.7. The summed E-state index contributed by atoms with van der Waals surface area (Å²) in [5.41, 5.74) is 3.65. The SMILES string of the molecule is CCCCC[C@H]1CC[C@H](C23CCC(C#Cc4ccc(CC)cc4)(CC2)CC3)CC1. The molecule has 5 rings (SSSR count). The van der Waals surface area contributed by atoms with E-state index in [1.165, 1.54) is 101 Å². The molecule has 158 valence electrons. The molecule has 1 aromatic rings. The van der Waals surface area contributed by atoms with Gasteiger partial charge in [-0.2, -0.15) is 0 Å². The van der Waals surface area contributed by atoms with Crippen LogP contribution in [0.4, 0.5) is 0 Å². The minimum absolute atomic E-state index is 0.336. The number of hydrogen-bond acceptors (Lipinski definition) is 0. The Hall–Kier alpha value is -1.22. The molecule has 0 unspecified atom stereocenters. The first-order valence-electron chi connectivity index (χ1n) is 12.8. The van der Waals surface area contributed by atoms with Crippen LogP contribution in [-0.4, -0.2) is 0 Å². The number of unbranched alkanes of at least 4 members (excludes halogenated alkanes) is 2. The van der Waals surface area contributed by atoms with Gasteiger partial charge < -0.3 is 0 Å².